The van der Waals surface area contributed by atoms with Crippen molar-refractivity contribution in [1.29, 1.82) is 0 Å². The Bertz CT molecular complexity index is 711. The average molecular weight is 341 g/mol. The fourth-order valence-corrected chi connectivity index (χ4v) is 3.83. The van der Waals surface area contributed by atoms with Gasteiger partial charge in [0.05, 0.1) is 5.25 Å². The average Bonchev–Trinajstić information content (AvgIpc) is 2.92. The summed E-state index contributed by atoms with van der Waals surface area (Å²) in [5.41, 5.74) is 0. The van der Waals surface area contributed by atoms with Gasteiger partial charge in [-0.3, -0.25) is 4.79 Å². The molecule has 2 aliphatic rings. The molecular weight excluding hydrogens is 322 g/mol. The molecule has 1 atom stereocenters. The van der Waals surface area contributed by atoms with E-state index in [9.17, 15) is 13.2 Å². The first-order valence-electron chi connectivity index (χ1n) is 7.47. The highest BCUT2D eigenvalue weighted by molar-refractivity contribution is 7.92. The maximum absolute atomic E-state index is 12.3. The minimum atomic E-state index is -3.08. The minimum absolute atomic E-state index is 0.100. The van der Waals surface area contributed by atoms with E-state index in [1.54, 1.807) is 32.0 Å². The van der Waals surface area contributed by atoms with Gasteiger partial charge in [0.25, 0.3) is 5.91 Å². The van der Waals surface area contributed by atoms with Crippen LogP contribution < -0.4 is 14.2 Å². The van der Waals surface area contributed by atoms with E-state index in [-0.39, 0.29) is 31.5 Å². The van der Waals surface area contributed by atoms with E-state index in [1.807, 2.05) is 0 Å². The number of benzene rings is 1. The van der Waals surface area contributed by atoms with Crippen LogP contribution in [0.15, 0.2) is 18.2 Å². The zero-order valence-electron chi connectivity index (χ0n) is 13.0. The summed E-state index contributed by atoms with van der Waals surface area (Å²) in [6.07, 6.45) is -0.694. The third-order valence-corrected chi connectivity index (χ3v) is 6.19. The maximum Gasteiger partial charge on any atom is 0.263 e. The third-order valence-electron chi connectivity index (χ3n) is 4.07. The summed E-state index contributed by atoms with van der Waals surface area (Å²) in [7, 11) is -3.08. The fourth-order valence-electron chi connectivity index (χ4n) is 2.54. The third kappa shape index (κ3) is 3.08. The Labute approximate surface area is 135 Å². The Morgan fingerprint density at radius 1 is 1.35 bits per heavy atom. The monoisotopic (exact) mass is 341 g/mol. The molecule has 23 heavy (non-hydrogen) atoms. The number of fused-ring (bicyclic) bond motifs is 1. The molecule has 1 amide bonds. The minimum Gasteiger partial charge on any atom is -0.481 e. The molecule has 0 bridgehead atoms. The summed E-state index contributed by atoms with van der Waals surface area (Å²) < 4.78 is 39.6. The van der Waals surface area contributed by atoms with Crippen molar-refractivity contribution in [2.45, 2.75) is 25.2 Å². The van der Waals surface area contributed by atoms with Gasteiger partial charge in [-0.15, -0.1) is 0 Å². The second-order valence-electron chi connectivity index (χ2n) is 5.59. The number of hydrogen-bond donors (Lipinski definition) is 0. The van der Waals surface area contributed by atoms with Gasteiger partial charge in [-0.2, -0.15) is 0 Å². The van der Waals surface area contributed by atoms with E-state index in [2.05, 4.69) is 0 Å². The first-order chi connectivity index (χ1) is 10.9. The Morgan fingerprint density at radius 2 is 2.04 bits per heavy atom. The van der Waals surface area contributed by atoms with Crippen molar-refractivity contribution in [2.24, 2.45) is 0 Å². The lowest BCUT2D eigenvalue weighted by atomic mass is 10.2. The van der Waals surface area contributed by atoms with Gasteiger partial charge in [0.15, 0.2) is 27.4 Å². The molecule has 0 unspecified atom stereocenters. The Morgan fingerprint density at radius 3 is 2.74 bits per heavy atom. The number of nitrogens with zero attached hydrogens (tertiary/aromatic N) is 1. The maximum atomic E-state index is 12.3. The quantitative estimate of drug-likeness (QED) is 0.789. The van der Waals surface area contributed by atoms with Crippen LogP contribution in [-0.4, -0.2) is 56.2 Å². The molecule has 126 valence electrons. The molecule has 2 aliphatic heterocycles. The smallest absolute Gasteiger partial charge is 0.263 e. The number of ether oxygens (including phenoxy) is 3. The summed E-state index contributed by atoms with van der Waals surface area (Å²) in [4.78, 5) is 13.8. The van der Waals surface area contributed by atoms with Crippen LogP contribution in [0.5, 0.6) is 17.2 Å². The standard InChI is InChI=1S/C15H19NO6S/c1-3-23(18,19)12-7-16(8-12)15(17)10(2)22-11-4-5-13-14(6-11)21-9-20-13/h4-6,10,12H,3,7-9H2,1-2H3/t10-/m0/s1. The lowest BCUT2D eigenvalue weighted by molar-refractivity contribution is -0.141. The molecule has 1 fully saturated rings. The number of rotatable bonds is 5. The summed E-state index contributed by atoms with van der Waals surface area (Å²) >= 11 is 0. The van der Waals surface area contributed by atoms with Gasteiger partial charge in [-0.25, -0.2) is 8.42 Å². The molecule has 7 nitrogen and oxygen atoms in total. The van der Waals surface area contributed by atoms with Crippen molar-refractivity contribution in [3.05, 3.63) is 18.2 Å². The van der Waals surface area contributed by atoms with Gasteiger partial charge >= 0.3 is 0 Å². The number of carbonyl (C=O) groups excluding carboxylic acids is 1. The highest BCUT2D eigenvalue weighted by Gasteiger charge is 2.40. The van der Waals surface area contributed by atoms with Gasteiger partial charge < -0.3 is 19.1 Å². The predicted octanol–water partition coefficient (Wildman–Crippen LogP) is 0.828. The van der Waals surface area contributed by atoms with Crippen LogP contribution in [0.2, 0.25) is 0 Å². The van der Waals surface area contributed by atoms with Crippen molar-refractivity contribution in [1.82, 2.24) is 4.90 Å². The molecule has 0 spiro atoms. The molecule has 0 aliphatic carbocycles. The van der Waals surface area contributed by atoms with Crippen LogP contribution in [-0.2, 0) is 14.6 Å². The Hall–Kier alpha value is -1.96. The molecule has 0 radical (unpaired) electrons. The van der Waals surface area contributed by atoms with E-state index < -0.39 is 21.2 Å². The SMILES string of the molecule is CCS(=O)(=O)C1CN(C(=O)[C@H](C)Oc2ccc3c(c2)OCO3)C1. The summed E-state index contributed by atoms with van der Waals surface area (Å²) in [6, 6.07) is 5.10. The normalized spacial score (nSPS) is 18.4. The molecule has 0 saturated carbocycles. The largest absolute Gasteiger partial charge is 0.481 e. The van der Waals surface area contributed by atoms with Gasteiger partial charge in [0.1, 0.15) is 5.75 Å². The van der Waals surface area contributed by atoms with Crippen molar-refractivity contribution < 1.29 is 27.4 Å². The molecule has 1 aromatic rings. The molecule has 2 heterocycles. The van der Waals surface area contributed by atoms with Crippen molar-refractivity contribution >= 4 is 15.7 Å². The van der Waals surface area contributed by atoms with Crippen LogP contribution in [0.1, 0.15) is 13.8 Å². The van der Waals surface area contributed by atoms with Crippen LogP contribution in [0.4, 0.5) is 0 Å². The first kappa shape index (κ1) is 15.9. The molecule has 3 rings (SSSR count). The number of sulfone groups is 1. The zero-order chi connectivity index (χ0) is 16.6. The number of amides is 1. The first-order valence-corrected chi connectivity index (χ1v) is 9.19. The molecular formula is C15H19NO6S. The molecule has 1 saturated heterocycles. The lowest BCUT2D eigenvalue weighted by Crippen LogP contribution is -2.59. The van der Waals surface area contributed by atoms with E-state index >= 15 is 0 Å². The Kier molecular flexibility index (Phi) is 4.09. The molecule has 1 aromatic carbocycles. The van der Waals surface area contributed by atoms with Crippen molar-refractivity contribution in [2.75, 3.05) is 25.6 Å². The van der Waals surface area contributed by atoms with E-state index in [0.717, 1.165) is 0 Å². The molecule has 0 aromatic heterocycles. The Balaban J connectivity index is 1.57. The van der Waals surface area contributed by atoms with Crippen LogP contribution >= 0.6 is 0 Å². The predicted molar refractivity (Wildman–Crippen MR) is 82.5 cm³/mol. The topological polar surface area (TPSA) is 82.1 Å². The zero-order valence-corrected chi connectivity index (χ0v) is 13.8. The van der Waals surface area contributed by atoms with Gasteiger partial charge in [-0.05, 0) is 19.1 Å². The highest BCUT2D eigenvalue weighted by atomic mass is 32.2. The number of likely N-dealkylation sites (tertiary alicyclic amines) is 1. The fraction of sp³-hybridized carbons (Fsp3) is 0.533. The second-order valence-corrected chi connectivity index (χ2v) is 8.16. The summed E-state index contributed by atoms with van der Waals surface area (Å²) in [5, 5.41) is -0.450. The van der Waals surface area contributed by atoms with E-state index in [4.69, 9.17) is 14.2 Å². The van der Waals surface area contributed by atoms with Gasteiger partial charge in [0, 0.05) is 24.9 Å². The molecule has 0 N–H and O–H groups in total. The number of hydrogen-bond acceptors (Lipinski definition) is 6. The lowest BCUT2D eigenvalue weighted by Gasteiger charge is -2.39. The molecule has 8 heteroatoms. The summed E-state index contributed by atoms with van der Waals surface area (Å²) in [5.74, 6) is 1.62. The summed E-state index contributed by atoms with van der Waals surface area (Å²) in [6.45, 7) is 3.92. The van der Waals surface area contributed by atoms with E-state index in [1.165, 1.54) is 4.90 Å². The van der Waals surface area contributed by atoms with Gasteiger partial charge in [-0.1, -0.05) is 6.92 Å². The highest BCUT2D eigenvalue weighted by Crippen LogP contribution is 2.35. The van der Waals surface area contributed by atoms with E-state index in [0.29, 0.717) is 17.2 Å². The van der Waals surface area contributed by atoms with Crippen molar-refractivity contribution in [3.8, 4) is 17.2 Å². The number of carbonyl (C=O) groups is 1. The van der Waals surface area contributed by atoms with Crippen LogP contribution in [0.3, 0.4) is 0 Å². The van der Waals surface area contributed by atoms with Crippen molar-refractivity contribution in [3.63, 3.8) is 0 Å². The second kappa shape index (κ2) is 5.92. The van der Waals surface area contributed by atoms with Gasteiger partial charge in [0.2, 0.25) is 6.79 Å². The van der Waals surface area contributed by atoms with Crippen LogP contribution in [0, 0.1) is 0 Å². The van der Waals surface area contributed by atoms with Crippen LogP contribution in [0.25, 0.3) is 0 Å².